The number of hydrogen-bond acceptors (Lipinski definition) is 4. The van der Waals surface area contributed by atoms with Crippen LogP contribution in [0.4, 0.5) is 8.78 Å². The summed E-state index contributed by atoms with van der Waals surface area (Å²) in [7, 11) is -4.11. The van der Waals surface area contributed by atoms with Crippen LogP contribution in [-0.4, -0.2) is 62.2 Å². The zero-order valence-electron chi connectivity index (χ0n) is 16.8. The first-order valence-electron chi connectivity index (χ1n) is 9.85. The first-order valence-corrected chi connectivity index (χ1v) is 11.3. The number of benzene rings is 2. The molecule has 2 aromatic carbocycles. The van der Waals surface area contributed by atoms with Gasteiger partial charge in [-0.3, -0.25) is 9.59 Å². The Labute approximate surface area is 179 Å². The lowest BCUT2D eigenvalue weighted by atomic mass is 10.2. The Kier molecular flexibility index (Phi) is 7.34. The van der Waals surface area contributed by atoms with Gasteiger partial charge in [0.05, 0.1) is 0 Å². The van der Waals surface area contributed by atoms with Crippen molar-refractivity contribution in [3.63, 3.8) is 0 Å². The monoisotopic (exact) mass is 451 g/mol. The zero-order valence-corrected chi connectivity index (χ0v) is 17.6. The van der Waals surface area contributed by atoms with E-state index in [0.29, 0.717) is 24.6 Å². The molecule has 166 valence electrons. The van der Waals surface area contributed by atoms with Crippen LogP contribution in [0.5, 0.6) is 0 Å². The van der Waals surface area contributed by atoms with Crippen LogP contribution in [0.15, 0.2) is 53.4 Å². The van der Waals surface area contributed by atoms with Gasteiger partial charge in [-0.15, -0.1) is 0 Å². The molecule has 0 unspecified atom stereocenters. The van der Waals surface area contributed by atoms with Crippen molar-refractivity contribution < 1.29 is 26.8 Å². The molecule has 2 amide bonds. The maximum atomic E-state index is 13.9. The molecule has 1 aliphatic rings. The highest BCUT2D eigenvalue weighted by Gasteiger charge is 2.31. The third-order valence-corrected chi connectivity index (χ3v) is 6.92. The topological polar surface area (TPSA) is 86.8 Å². The van der Waals surface area contributed by atoms with Crippen LogP contribution in [0.3, 0.4) is 0 Å². The smallest absolute Gasteiger partial charge is 0.251 e. The molecular weight excluding hydrogens is 428 g/mol. The maximum Gasteiger partial charge on any atom is 0.251 e. The summed E-state index contributed by atoms with van der Waals surface area (Å²) in [4.78, 5) is 25.3. The number of sulfonamides is 1. The molecule has 0 bridgehead atoms. The fraction of sp³-hybridized carbons (Fsp3) is 0.333. The van der Waals surface area contributed by atoms with E-state index in [2.05, 4.69) is 5.32 Å². The Balaban J connectivity index is 1.45. The van der Waals surface area contributed by atoms with Crippen molar-refractivity contribution in [2.45, 2.75) is 17.7 Å². The SMILES string of the molecule is O=C(NCCCC(=O)N1CCN(S(=O)(=O)c2ccc(F)cc2F)CC1)c1ccccc1. The first-order chi connectivity index (χ1) is 14.8. The van der Waals surface area contributed by atoms with Crippen molar-refractivity contribution in [2.24, 2.45) is 0 Å². The molecule has 1 heterocycles. The van der Waals surface area contributed by atoms with Crippen LogP contribution in [-0.2, 0) is 14.8 Å². The van der Waals surface area contributed by atoms with Gasteiger partial charge in [-0.2, -0.15) is 4.31 Å². The number of carbonyl (C=O) groups is 2. The highest BCUT2D eigenvalue weighted by atomic mass is 32.2. The summed E-state index contributed by atoms with van der Waals surface area (Å²) in [6, 6.07) is 11.1. The number of halogens is 2. The predicted molar refractivity (Wildman–Crippen MR) is 110 cm³/mol. The van der Waals surface area contributed by atoms with E-state index >= 15 is 0 Å². The zero-order chi connectivity index (χ0) is 22.4. The number of rotatable bonds is 7. The number of amides is 2. The van der Waals surface area contributed by atoms with Gasteiger partial charge in [0.1, 0.15) is 16.5 Å². The van der Waals surface area contributed by atoms with E-state index in [9.17, 15) is 26.8 Å². The van der Waals surface area contributed by atoms with Gasteiger partial charge in [0.25, 0.3) is 5.91 Å². The minimum absolute atomic E-state index is 0.0234. The Hall–Kier alpha value is -2.85. The van der Waals surface area contributed by atoms with E-state index in [1.165, 1.54) is 0 Å². The van der Waals surface area contributed by atoms with E-state index in [4.69, 9.17) is 0 Å². The van der Waals surface area contributed by atoms with Crippen LogP contribution in [0, 0.1) is 11.6 Å². The molecule has 31 heavy (non-hydrogen) atoms. The van der Waals surface area contributed by atoms with Crippen molar-refractivity contribution in [1.29, 1.82) is 0 Å². The Bertz CT molecular complexity index is 1040. The lowest BCUT2D eigenvalue weighted by Crippen LogP contribution is -2.50. The molecule has 7 nitrogen and oxygen atoms in total. The summed E-state index contributed by atoms with van der Waals surface area (Å²) in [5, 5.41) is 2.75. The molecule has 0 aliphatic carbocycles. The van der Waals surface area contributed by atoms with Crippen LogP contribution in [0.25, 0.3) is 0 Å². The Morgan fingerprint density at radius 2 is 1.65 bits per heavy atom. The molecule has 0 aromatic heterocycles. The number of piperazine rings is 1. The van der Waals surface area contributed by atoms with Gasteiger partial charge in [0.2, 0.25) is 15.9 Å². The van der Waals surface area contributed by atoms with Crippen LogP contribution >= 0.6 is 0 Å². The second-order valence-electron chi connectivity index (χ2n) is 7.09. The molecule has 0 spiro atoms. The van der Waals surface area contributed by atoms with E-state index in [0.717, 1.165) is 16.4 Å². The van der Waals surface area contributed by atoms with Gasteiger partial charge < -0.3 is 10.2 Å². The molecule has 0 saturated carbocycles. The third kappa shape index (κ3) is 5.65. The summed E-state index contributed by atoms with van der Waals surface area (Å²) in [5.74, 6) is -2.35. The quantitative estimate of drug-likeness (QED) is 0.653. The Morgan fingerprint density at radius 3 is 2.29 bits per heavy atom. The number of hydrogen-bond donors (Lipinski definition) is 1. The Morgan fingerprint density at radius 1 is 0.968 bits per heavy atom. The minimum atomic E-state index is -4.11. The summed E-state index contributed by atoms with van der Waals surface area (Å²) in [6.07, 6.45) is 0.672. The van der Waals surface area contributed by atoms with E-state index < -0.39 is 26.6 Å². The lowest BCUT2D eigenvalue weighted by molar-refractivity contribution is -0.132. The van der Waals surface area contributed by atoms with Crippen molar-refractivity contribution >= 4 is 21.8 Å². The van der Waals surface area contributed by atoms with Crippen molar-refractivity contribution in [2.75, 3.05) is 32.7 Å². The van der Waals surface area contributed by atoms with Gasteiger partial charge in [-0.25, -0.2) is 17.2 Å². The van der Waals surface area contributed by atoms with Gasteiger partial charge in [0, 0.05) is 50.8 Å². The van der Waals surface area contributed by atoms with Gasteiger partial charge in [-0.1, -0.05) is 18.2 Å². The van der Waals surface area contributed by atoms with E-state index in [-0.39, 0.29) is 44.4 Å². The summed E-state index contributed by atoms with van der Waals surface area (Å²) in [5.41, 5.74) is 0.545. The van der Waals surface area contributed by atoms with Gasteiger partial charge in [0.15, 0.2) is 0 Å². The molecule has 1 fully saturated rings. The number of nitrogens with one attached hydrogen (secondary N) is 1. The molecule has 1 aliphatic heterocycles. The third-order valence-electron chi connectivity index (χ3n) is 4.99. The molecule has 10 heteroatoms. The summed E-state index contributed by atoms with van der Waals surface area (Å²) >= 11 is 0. The lowest BCUT2D eigenvalue weighted by Gasteiger charge is -2.34. The fourth-order valence-electron chi connectivity index (χ4n) is 3.29. The second-order valence-corrected chi connectivity index (χ2v) is 8.99. The van der Waals surface area contributed by atoms with Crippen molar-refractivity contribution in [3.8, 4) is 0 Å². The second kappa shape index (κ2) is 9.97. The molecule has 1 N–H and O–H groups in total. The number of nitrogens with zero attached hydrogens (tertiary/aromatic N) is 2. The average molecular weight is 451 g/mol. The van der Waals surface area contributed by atoms with E-state index in [1.807, 2.05) is 6.07 Å². The number of carbonyl (C=O) groups excluding carboxylic acids is 2. The first kappa shape index (κ1) is 22.8. The molecule has 0 radical (unpaired) electrons. The largest absolute Gasteiger partial charge is 0.352 e. The molecule has 0 atom stereocenters. The average Bonchev–Trinajstić information content (AvgIpc) is 2.77. The van der Waals surface area contributed by atoms with Crippen LogP contribution < -0.4 is 5.32 Å². The summed E-state index contributed by atoms with van der Waals surface area (Å²) < 4.78 is 53.3. The standard InChI is InChI=1S/C21H23F2N3O4S/c22-17-8-9-19(18(23)15-17)31(29,30)26-13-11-25(12-14-26)20(27)7-4-10-24-21(28)16-5-2-1-3-6-16/h1-3,5-6,8-9,15H,4,7,10-14H2,(H,24,28). The molecule has 3 rings (SSSR count). The van der Waals surface area contributed by atoms with Crippen LogP contribution in [0.2, 0.25) is 0 Å². The normalized spacial score (nSPS) is 15.0. The van der Waals surface area contributed by atoms with Gasteiger partial charge >= 0.3 is 0 Å². The highest BCUT2D eigenvalue weighted by molar-refractivity contribution is 7.89. The molecular formula is C21H23F2N3O4S. The molecule has 2 aromatic rings. The molecule has 1 saturated heterocycles. The van der Waals surface area contributed by atoms with Crippen molar-refractivity contribution in [3.05, 3.63) is 65.7 Å². The summed E-state index contributed by atoms with van der Waals surface area (Å²) in [6.45, 7) is 0.747. The van der Waals surface area contributed by atoms with E-state index in [1.54, 1.807) is 29.2 Å². The minimum Gasteiger partial charge on any atom is -0.352 e. The predicted octanol–water partition coefficient (Wildman–Crippen LogP) is 2.01. The maximum absolute atomic E-state index is 13.9. The van der Waals surface area contributed by atoms with Crippen LogP contribution in [0.1, 0.15) is 23.2 Å². The fourth-order valence-corrected chi connectivity index (χ4v) is 4.76. The highest BCUT2D eigenvalue weighted by Crippen LogP contribution is 2.21. The van der Waals surface area contributed by atoms with Crippen molar-refractivity contribution in [1.82, 2.24) is 14.5 Å². The van der Waals surface area contributed by atoms with Gasteiger partial charge in [-0.05, 0) is 30.7 Å².